The Morgan fingerprint density at radius 1 is 1.07 bits per heavy atom. The second-order valence-corrected chi connectivity index (χ2v) is 18.8. The summed E-state index contributed by atoms with van der Waals surface area (Å²) in [5.41, 5.74) is 2.17. The third-order valence-corrected chi connectivity index (χ3v) is 11.1. The summed E-state index contributed by atoms with van der Waals surface area (Å²) in [4.78, 5) is 27.2. The van der Waals surface area contributed by atoms with Gasteiger partial charge in [0.05, 0.1) is 43.5 Å². The Balaban J connectivity index is 1.48. The van der Waals surface area contributed by atoms with Crippen molar-refractivity contribution in [2.45, 2.75) is 89.3 Å². The molecule has 3 aliphatic rings. The van der Waals surface area contributed by atoms with Gasteiger partial charge in [0.15, 0.2) is 0 Å². The van der Waals surface area contributed by atoms with Crippen LogP contribution in [0.4, 0.5) is 0 Å². The number of carbonyl (C=O) groups is 2. The lowest BCUT2D eigenvalue weighted by Gasteiger charge is -2.59. The van der Waals surface area contributed by atoms with Gasteiger partial charge >= 0.3 is 5.97 Å². The minimum absolute atomic E-state index is 0.0867. The van der Waals surface area contributed by atoms with Crippen molar-refractivity contribution in [1.29, 1.82) is 0 Å². The highest BCUT2D eigenvalue weighted by molar-refractivity contribution is 6.76. The van der Waals surface area contributed by atoms with Crippen LogP contribution in [0.5, 0.6) is 0 Å². The quantitative estimate of drug-likeness (QED) is 0.0962. The number of rotatable bonds is 12. The molecular formula is C34H46O7Si. The molecule has 1 unspecified atom stereocenters. The zero-order valence-electron chi connectivity index (χ0n) is 25.5. The average molecular weight is 595 g/mol. The van der Waals surface area contributed by atoms with Crippen LogP contribution in [0, 0.1) is 17.3 Å². The van der Waals surface area contributed by atoms with E-state index in [1.54, 1.807) is 0 Å². The van der Waals surface area contributed by atoms with Crippen molar-refractivity contribution in [1.82, 2.24) is 0 Å². The van der Waals surface area contributed by atoms with Crippen LogP contribution in [0.3, 0.4) is 0 Å². The van der Waals surface area contributed by atoms with Gasteiger partial charge in [0.25, 0.3) is 0 Å². The topological polar surface area (TPSA) is 80.3 Å². The molecule has 0 N–H and O–H groups in total. The minimum atomic E-state index is -1.26. The van der Waals surface area contributed by atoms with E-state index in [4.69, 9.17) is 23.7 Å². The van der Waals surface area contributed by atoms with Crippen LogP contribution in [-0.4, -0.2) is 58.6 Å². The normalized spacial score (nSPS) is 30.5. The van der Waals surface area contributed by atoms with Crippen LogP contribution in [0.2, 0.25) is 25.7 Å². The number of fused-ring (bicyclic) bond motifs is 4. The molecule has 0 saturated heterocycles. The van der Waals surface area contributed by atoms with Crippen molar-refractivity contribution in [3.8, 4) is 0 Å². The summed E-state index contributed by atoms with van der Waals surface area (Å²) in [7, 11) is -1.26. The van der Waals surface area contributed by atoms with Crippen molar-refractivity contribution in [3.63, 3.8) is 0 Å². The fourth-order valence-corrected chi connectivity index (χ4v) is 8.07. The lowest BCUT2D eigenvalue weighted by molar-refractivity contribution is -0.241. The van der Waals surface area contributed by atoms with Crippen molar-refractivity contribution < 1.29 is 33.3 Å². The third-order valence-electron chi connectivity index (χ3n) is 9.43. The molecule has 0 spiro atoms. The minimum Gasteiger partial charge on any atom is -0.466 e. The molecule has 228 valence electrons. The van der Waals surface area contributed by atoms with E-state index in [2.05, 4.69) is 37.8 Å². The number of hydrogen-bond acceptors (Lipinski definition) is 7. The molecule has 0 aromatic heterocycles. The summed E-state index contributed by atoms with van der Waals surface area (Å²) in [6.07, 6.45) is 1.77. The molecule has 8 heteroatoms. The number of aldehydes is 1. The van der Waals surface area contributed by atoms with Crippen molar-refractivity contribution >= 4 is 20.3 Å². The number of benzene rings is 2. The maximum atomic E-state index is 14.1. The predicted molar refractivity (Wildman–Crippen MR) is 163 cm³/mol. The highest BCUT2D eigenvalue weighted by atomic mass is 28.3. The second kappa shape index (κ2) is 13.5. The maximum Gasteiger partial charge on any atom is 0.313 e. The van der Waals surface area contributed by atoms with Crippen molar-refractivity contribution in [3.05, 3.63) is 71.3 Å². The zero-order valence-corrected chi connectivity index (χ0v) is 26.5. The number of carbonyl (C=O) groups excluding carboxylic acids is 2. The van der Waals surface area contributed by atoms with E-state index in [-0.39, 0.29) is 37.3 Å². The van der Waals surface area contributed by atoms with Gasteiger partial charge in [-0.05, 0) is 48.9 Å². The molecule has 42 heavy (non-hydrogen) atoms. The molecule has 1 heterocycles. The SMILES string of the molecule is CCOC(=O)[C@]12CC[C@H](OCc3ccccc3)C[C@@H]1[C@@H](OCOCC[Si](C)(C)C)[C@H]1OCc3ccccc3C1[C@@H]2C=O. The van der Waals surface area contributed by atoms with Crippen LogP contribution in [-0.2, 0) is 46.5 Å². The molecule has 2 aliphatic carbocycles. The van der Waals surface area contributed by atoms with Crippen LogP contribution in [0.15, 0.2) is 54.6 Å². The van der Waals surface area contributed by atoms with Crippen molar-refractivity contribution in [2.75, 3.05) is 20.0 Å². The van der Waals surface area contributed by atoms with E-state index in [1.165, 1.54) is 0 Å². The molecule has 7 nitrogen and oxygen atoms in total. The van der Waals surface area contributed by atoms with E-state index in [0.717, 1.165) is 29.0 Å². The van der Waals surface area contributed by atoms with Gasteiger partial charge in [-0.2, -0.15) is 0 Å². The van der Waals surface area contributed by atoms with Gasteiger partial charge in [0, 0.05) is 32.4 Å². The summed E-state index contributed by atoms with van der Waals surface area (Å²) in [6, 6.07) is 19.2. The van der Waals surface area contributed by atoms with Gasteiger partial charge in [-0.1, -0.05) is 74.2 Å². The van der Waals surface area contributed by atoms with Gasteiger partial charge in [0.2, 0.25) is 0 Å². The highest BCUT2D eigenvalue weighted by Gasteiger charge is 2.66. The molecule has 0 radical (unpaired) electrons. The number of ether oxygens (including phenoxy) is 5. The summed E-state index contributed by atoms with van der Waals surface area (Å²) in [6.45, 7) is 10.7. The maximum absolute atomic E-state index is 14.1. The van der Waals surface area contributed by atoms with Gasteiger partial charge in [-0.15, -0.1) is 0 Å². The first-order valence-corrected chi connectivity index (χ1v) is 19.2. The van der Waals surface area contributed by atoms with Crippen LogP contribution < -0.4 is 0 Å². The fraction of sp³-hybridized carbons (Fsp3) is 0.588. The molecule has 2 saturated carbocycles. The molecule has 5 rings (SSSR count). The lowest BCUT2D eigenvalue weighted by atomic mass is 9.48. The number of esters is 1. The molecular weight excluding hydrogens is 548 g/mol. The van der Waals surface area contributed by atoms with Gasteiger partial charge in [-0.3, -0.25) is 4.79 Å². The monoisotopic (exact) mass is 594 g/mol. The summed E-state index contributed by atoms with van der Waals surface area (Å²) < 4.78 is 31.3. The lowest BCUT2D eigenvalue weighted by Crippen LogP contribution is -2.65. The first-order chi connectivity index (χ1) is 20.3. The fourth-order valence-electron chi connectivity index (χ4n) is 7.32. The Hall–Kier alpha value is -2.36. The Morgan fingerprint density at radius 3 is 2.57 bits per heavy atom. The summed E-state index contributed by atoms with van der Waals surface area (Å²) in [5.74, 6) is -1.56. The van der Waals surface area contributed by atoms with Gasteiger partial charge in [-0.25, -0.2) is 0 Å². The van der Waals surface area contributed by atoms with Gasteiger partial charge in [0.1, 0.15) is 13.1 Å². The molecule has 1 aliphatic heterocycles. The first kappa shape index (κ1) is 31.1. The predicted octanol–water partition coefficient (Wildman–Crippen LogP) is 6.13. The Morgan fingerprint density at radius 2 is 1.83 bits per heavy atom. The van der Waals surface area contributed by atoms with E-state index in [9.17, 15) is 9.59 Å². The van der Waals surface area contributed by atoms with E-state index in [0.29, 0.717) is 39.1 Å². The largest absolute Gasteiger partial charge is 0.466 e. The Labute approximate surface area is 251 Å². The van der Waals surface area contributed by atoms with Crippen LogP contribution >= 0.6 is 0 Å². The number of hydrogen-bond donors (Lipinski definition) is 0. The Kier molecular flexibility index (Phi) is 10.00. The molecule has 2 aromatic rings. The van der Waals surface area contributed by atoms with E-state index >= 15 is 0 Å². The molecule has 0 amide bonds. The van der Waals surface area contributed by atoms with Crippen LogP contribution in [0.1, 0.15) is 48.8 Å². The third kappa shape index (κ3) is 6.43. The molecule has 0 bridgehead atoms. The molecule has 2 aromatic carbocycles. The zero-order chi connectivity index (χ0) is 29.7. The second-order valence-electron chi connectivity index (χ2n) is 13.2. The first-order valence-electron chi connectivity index (χ1n) is 15.4. The Bertz CT molecular complexity index is 1200. The molecule has 2 fully saturated rings. The molecule has 7 atom stereocenters. The van der Waals surface area contributed by atoms with Crippen LogP contribution in [0.25, 0.3) is 0 Å². The average Bonchev–Trinajstić information content (AvgIpc) is 2.99. The summed E-state index contributed by atoms with van der Waals surface area (Å²) in [5, 5.41) is 0. The smallest absolute Gasteiger partial charge is 0.313 e. The summed E-state index contributed by atoms with van der Waals surface area (Å²) >= 11 is 0. The van der Waals surface area contributed by atoms with E-state index in [1.807, 2.05) is 43.3 Å². The standard InChI is InChI=1S/C34H46O7Si/c1-5-38-33(36)34-16-15-26(39-21-24-11-7-6-8-12-24)19-28(34)31(41-23-37-17-18-42(2,3)4)32-30(29(34)20-35)27-14-10-9-13-25(27)22-40-32/h6-14,20,26,28-32H,5,15-19,21-23H2,1-4H3/t26-,28+,29-,30?,31+,32-,34+/m0/s1. The van der Waals surface area contributed by atoms with Gasteiger partial charge < -0.3 is 28.5 Å². The highest BCUT2D eigenvalue weighted by Crippen LogP contribution is 2.61. The van der Waals surface area contributed by atoms with Crippen molar-refractivity contribution in [2.24, 2.45) is 17.3 Å². The van der Waals surface area contributed by atoms with E-state index < -0.39 is 31.6 Å².